The summed E-state index contributed by atoms with van der Waals surface area (Å²) in [5.41, 5.74) is 5.35. The van der Waals surface area contributed by atoms with Gasteiger partial charge >= 0.3 is 0 Å². The minimum Gasteiger partial charge on any atom is -0.366 e. The molecule has 1 aromatic heterocycles. The highest BCUT2D eigenvalue weighted by atomic mass is 16.2. The molecule has 0 saturated heterocycles. The van der Waals surface area contributed by atoms with Crippen LogP contribution in [0.3, 0.4) is 0 Å². The Labute approximate surface area is 106 Å². The predicted molar refractivity (Wildman–Crippen MR) is 65.7 cm³/mol. The highest BCUT2D eigenvalue weighted by molar-refractivity contribution is 5.84. The molecule has 4 bridgehead atoms. The molecule has 0 aromatic carbocycles. The second kappa shape index (κ2) is 3.33. The molecule has 4 fully saturated rings. The maximum absolute atomic E-state index is 12.7. The standard InChI is InChI=1S/C13H18N4O/c14-12-15-7-17(16-12)11(18)13-4-8-1-9(5-13)3-10(2-8)6-13/h7-10H,1-6H2,(H2,14,16). The summed E-state index contributed by atoms with van der Waals surface area (Å²) in [5.74, 6) is 2.61. The Morgan fingerprint density at radius 3 is 2.22 bits per heavy atom. The summed E-state index contributed by atoms with van der Waals surface area (Å²) in [6.07, 6.45) is 8.65. The molecule has 0 aliphatic heterocycles. The van der Waals surface area contributed by atoms with E-state index in [0.29, 0.717) is 0 Å². The first-order valence-electron chi connectivity index (χ1n) is 6.86. The molecule has 5 heteroatoms. The number of hydrogen-bond acceptors (Lipinski definition) is 4. The molecular formula is C13H18N4O. The normalized spacial score (nSPS) is 41.2. The van der Waals surface area contributed by atoms with Crippen LogP contribution < -0.4 is 5.73 Å². The van der Waals surface area contributed by atoms with Crippen LogP contribution in [0.1, 0.15) is 43.3 Å². The molecule has 0 radical (unpaired) electrons. The number of nitrogens with two attached hydrogens (primary N) is 1. The van der Waals surface area contributed by atoms with E-state index >= 15 is 0 Å². The molecule has 4 aliphatic rings. The van der Waals surface area contributed by atoms with Crippen molar-refractivity contribution in [1.82, 2.24) is 14.8 Å². The second-order valence-electron chi connectivity index (χ2n) is 6.55. The van der Waals surface area contributed by atoms with Gasteiger partial charge in [0.2, 0.25) is 5.95 Å². The van der Waals surface area contributed by atoms with Crippen molar-refractivity contribution in [2.75, 3.05) is 5.73 Å². The van der Waals surface area contributed by atoms with Gasteiger partial charge in [0.05, 0.1) is 5.41 Å². The Hall–Kier alpha value is -1.39. The minimum atomic E-state index is -0.158. The molecular weight excluding hydrogens is 228 g/mol. The number of carbonyl (C=O) groups excluding carboxylic acids is 1. The number of carbonyl (C=O) groups is 1. The molecule has 0 atom stereocenters. The summed E-state index contributed by atoms with van der Waals surface area (Å²) in [6, 6.07) is 0. The van der Waals surface area contributed by atoms with E-state index < -0.39 is 0 Å². The monoisotopic (exact) mass is 246 g/mol. The third kappa shape index (κ3) is 1.36. The van der Waals surface area contributed by atoms with Gasteiger partial charge in [-0.1, -0.05) is 0 Å². The van der Waals surface area contributed by atoms with E-state index in [9.17, 15) is 4.79 Å². The van der Waals surface area contributed by atoms with Crippen molar-refractivity contribution < 1.29 is 4.79 Å². The molecule has 1 heterocycles. The maximum atomic E-state index is 12.7. The van der Waals surface area contributed by atoms with Crippen LogP contribution in [0.2, 0.25) is 0 Å². The van der Waals surface area contributed by atoms with Crippen LogP contribution in [0.4, 0.5) is 5.95 Å². The largest absolute Gasteiger partial charge is 0.366 e. The smallest absolute Gasteiger partial charge is 0.254 e. The van der Waals surface area contributed by atoms with Gasteiger partial charge in [0.15, 0.2) is 0 Å². The first-order chi connectivity index (χ1) is 8.64. The highest BCUT2D eigenvalue weighted by Crippen LogP contribution is 2.60. The van der Waals surface area contributed by atoms with E-state index in [1.807, 2.05) is 0 Å². The summed E-state index contributed by atoms with van der Waals surface area (Å²) in [4.78, 5) is 16.6. The number of hydrogen-bond donors (Lipinski definition) is 1. The Balaban J connectivity index is 1.69. The summed E-state index contributed by atoms with van der Waals surface area (Å²) in [5, 5.41) is 4.00. The van der Waals surface area contributed by atoms with Crippen molar-refractivity contribution in [2.45, 2.75) is 38.5 Å². The van der Waals surface area contributed by atoms with E-state index in [4.69, 9.17) is 5.73 Å². The van der Waals surface area contributed by atoms with Crippen molar-refractivity contribution in [3.8, 4) is 0 Å². The van der Waals surface area contributed by atoms with Gasteiger partial charge < -0.3 is 5.73 Å². The average Bonchev–Trinajstić information content (AvgIpc) is 2.73. The fraction of sp³-hybridized carbons (Fsp3) is 0.769. The Morgan fingerprint density at radius 1 is 1.22 bits per heavy atom. The van der Waals surface area contributed by atoms with E-state index in [2.05, 4.69) is 10.1 Å². The molecule has 4 saturated carbocycles. The van der Waals surface area contributed by atoms with Gasteiger partial charge in [-0.3, -0.25) is 4.79 Å². The van der Waals surface area contributed by atoms with Crippen LogP contribution in [-0.2, 0) is 0 Å². The van der Waals surface area contributed by atoms with Gasteiger partial charge in [-0.15, -0.1) is 5.10 Å². The third-order valence-electron chi connectivity index (χ3n) is 5.21. The molecule has 18 heavy (non-hydrogen) atoms. The van der Waals surface area contributed by atoms with Gasteiger partial charge in [-0.25, -0.2) is 4.98 Å². The lowest BCUT2D eigenvalue weighted by Gasteiger charge is -2.55. The SMILES string of the molecule is Nc1ncn(C(=O)C23CC4CC(CC(C4)C2)C3)n1. The fourth-order valence-corrected chi connectivity index (χ4v) is 4.99. The van der Waals surface area contributed by atoms with E-state index in [1.54, 1.807) is 0 Å². The molecule has 1 aromatic rings. The predicted octanol–water partition coefficient (Wildman–Crippen LogP) is 1.72. The lowest BCUT2D eigenvalue weighted by Crippen LogP contribution is -2.51. The summed E-state index contributed by atoms with van der Waals surface area (Å²) in [6.45, 7) is 0. The zero-order chi connectivity index (χ0) is 12.3. The summed E-state index contributed by atoms with van der Waals surface area (Å²) >= 11 is 0. The third-order valence-corrected chi connectivity index (χ3v) is 5.21. The molecule has 0 unspecified atom stereocenters. The van der Waals surface area contributed by atoms with Crippen LogP contribution in [0.15, 0.2) is 6.33 Å². The van der Waals surface area contributed by atoms with Crippen molar-refractivity contribution in [2.24, 2.45) is 23.2 Å². The molecule has 2 N–H and O–H groups in total. The highest BCUT2D eigenvalue weighted by Gasteiger charge is 2.55. The maximum Gasteiger partial charge on any atom is 0.254 e. The van der Waals surface area contributed by atoms with Gasteiger partial charge in [0.25, 0.3) is 5.91 Å². The lowest BCUT2D eigenvalue weighted by molar-refractivity contribution is -0.0409. The van der Waals surface area contributed by atoms with Crippen molar-refractivity contribution in [3.63, 3.8) is 0 Å². The first-order valence-corrected chi connectivity index (χ1v) is 6.86. The van der Waals surface area contributed by atoms with Crippen molar-refractivity contribution in [3.05, 3.63) is 6.33 Å². The topological polar surface area (TPSA) is 73.8 Å². The summed E-state index contributed by atoms with van der Waals surface area (Å²) < 4.78 is 1.38. The Morgan fingerprint density at radius 2 is 1.78 bits per heavy atom. The van der Waals surface area contributed by atoms with E-state index in [0.717, 1.165) is 37.0 Å². The number of rotatable bonds is 1. The van der Waals surface area contributed by atoms with Gasteiger partial charge in [0, 0.05) is 0 Å². The van der Waals surface area contributed by atoms with Gasteiger partial charge in [-0.2, -0.15) is 4.68 Å². The number of nitrogen functional groups attached to an aromatic ring is 1. The molecule has 0 spiro atoms. The molecule has 4 aliphatic carbocycles. The number of anilines is 1. The average molecular weight is 246 g/mol. The molecule has 5 rings (SSSR count). The second-order valence-corrected chi connectivity index (χ2v) is 6.55. The zero-order valence-electron chi connectivity index (χ0n) is 10.4. The van der Waals surface area contributed by atoms with Crippen LogP contribution in [0, 0.1) is 23.2 Å². The zero-order valence-corrected chi connectivity index (χ0v) is 10.4. The fourth-order valence-electron chi connectivity index (χ4n) is 4.99. The summed E-state index contributed by atoms with van der Waals surface area (Å²) in [7, 11) is 0. The number of nitrogens with zero attached hydrogens (tertiary/aromatic N) is 3. The molecule has 96 valence electrons. The van der Waals surface area contributed by atoms with Crippen LogP contribution in [0.25, 0.3) is 0 Å². The minimum absolute atomic E-state index is 0.130. The Kier molecular flexibility index (Phi) is 1.95. The van der Waals surface area contributed by atoms with Crippen LogP contribution in [0.5, 0.6) is 0 Å². The van der Waals surface area contributed by atoms with Gasteiger partial charge in [0.1, 0.15) is 6.33 Å². The van der Waals surface area contributed by atoms with E-state index in [1.165, 1.54) is 30.3 Å². The van der Waals surface area contributed by atoms with Crippen molar-refractivity contribution >= 4 is 11.9 Å². The van der Waals surface area contributed by atoms with Crippen LogP contribution in [-0.4, -0.2) is 20.7 Å². The van der Waals surface area contributed by atoms with E-state index in [-0.39, 0.29) is 17.3 Å². The van der Waals surface area contributed by atoms with Gasteiger partial charge in [-0.05, 0) is 56.3 Å². The molecule has 5 nitrogen and oxygen atoms in total. The quantitative estimate of drug-likeness (QED) is 0.818. The first kappa shape index (κ1) is 10.5. The Bertz CT molecular complexity index is 472. The number of aromatic nitrogens is 3. The van der Waals surface area contributed by atoms with Crippen LogP contribution >= 0.6 is 0 Å². The van der Waals surface area contributed by atoms with Crippen molar-refractivity contribution in [1.29, 1.82) is 0 Å². The lowest BCUT2D eigenvalue weighted by atomic mass is 9.49. The molecule has 0 amide bonds.